The molecule has 0 atom stereocenters. The number of rotatable bonds is 8. The van der Waals surface area contributed by atoms with Gasteiger partial charge in [0.05, 0.1) is 0 Å². The van der Waals surface area contributed by atoms with E-state index in [1.165, 1.54) is 10.8 Å². The summed E-state index contributed by atoms with van der Waals surface area (Å²) in [5, 5.41) is 19.2. The molecule has 0 saturated carbocycles. The van der Waals surface area contributed by atoms with Crippen molar-refractivity contribution in [3.63, 3.8) is 0 Å². The summed E-state index contributed by atoms with van der Waals surface area (Å²) in [4.78, 5) is 16.9. The Morgan fingerprint density at radius 1 is 1.39 bits per heavy atom. The highest BCUT2D eigenvalue weighted by atomic mass is 32.2. The average Bonchev–Trinajstić information content (AvgIpc) is 2.88. The predicted octanol–water partition coefficient (Wildman–Crippen LogP) is -1.97. The van der Waals surface area contributed by atoms with Crippen molar-refractivity contribution in [2.75, 3.05) is 39.3 Å². The minimum Gasteiger partial charge on any atom is -0.358 e. The Balaban J connectivity index is 2.01. The highest BCUT2D eigenvalue weighted by molar-refractivity contribution is 7.87. The SMILES string of the molecule is NS(=O)(=O)NCCc1ncc([N+](=O)[O-])n1CCN1CCNCC1. The van der Waals surface area contributed by atoms with Gasteiger partial charge in [0.15, 0.2) is 5.82 Å². The molecule has 130 valence electrons. The third kappa shape index (κ3) is 5.51. The molecule has 1 saturated heterocycles. The first-order valence-corrected chi connectivity index (χ1v) is 8.81. The summed E-state index contributed by atoms with van der Waals surface area (Å²) < 4.78 is 25.4. The van der Waals surface area contributed by atoms with Gasteiger partial charge in [0.2, 0.25) is 0 Å². The van der Waals surface area contributed by atoms with Crippen molar-refractivity contribution >= 4 is 16.0 Å². The molecule has 0 aliphatic carbocycles. The molecular weight excluding hydrogens is 326 g/mol. The summed E-state index contributed by atoms with van der Waals surface area (Å²) in [5.74, 6) is 0.369. The van der Waals surface area contributed by atoms with E-state index in [9.17, 15) is 18.5 Å². The average molecular weight is 347 g/mol. The van der Waals surface area contributed by atoms with Gasteiger partial charge in [-0.1, -0.05) is 0 Å². The van der Waals surface area contributed by atoms with E-state index in [2.05, 4.69) is 19.9 Å². The first-order chi connectivity index (χ1) is 10.9. The van der Waals surface area contributed by atoms with Crippen molar-refractivity contribution < 1.29 is 13.3 Å². The van der Waals surface area contributed by atoms with Crippen molar-refractivity contribution in [2.24, 2.45) is 5.14 Å². The number of nitrogens with zero attached hydrogens (tertiary/aromatic N) is 4. The van der Waals surface area contributed by atoms with Crippen LogP contribution < -0.4 is 15.2 Å². The van der Waals surface area contributed by atoms with Crippen molar-refractivity contribution in [1.29, 1.82) is 0 Å². The molecule has 0 bridgehead atoms. The van der Waals surface area contributed by atoms with Crippen LogP contribution in [-0.2, 0) is 23.2 Å². The van der Waals surface area contributed by atoms with Gasteiger partial charge < -0.3 is 15.4 Å². The molecule has 0 amide bonds. The summed E-state index contributed by atoms with van der Waals surface area (Å²) in [6.45, 7) is 4.74. The molecule has 1 aromatic heterocycles. The molecular formula is C11H21N7O4S. The molecule has 12 heteroatoms. The van der Waals surface area contributed by atoms with Crippen LogP contribution in [0.2, 0.25) is 0 Å². The normalized spacial score (nSPS) is 16.6. The van der Waals surface area contributed by atoms with E-state index in [1.54, 1.807) is 0 Å². The second kappa shape index (κ2) is 7.79. The molecule has 23 heavy (non-hydrogen) atoms. The zero-order valence-electron chi connectivity index (χ0n) is 12.6. The highest BCUT2D eigenvalue weighted by Gasteiger charge is 2.21. The predicted molar refractivity (Wildman–Crippen MR) is 83.0 cm³/mol. The van der Waals surface area contributed by atoms with Crippen LogP contribution in [0.15, 0.2) is 6.20 Å². The van der Waals surface area contributed by atoms with Gasteiger partial charge in [-0.3, -0.25) is 4.90 Å². The summed E-state index contributed by atoms with van der Waals surface area (Å²) in [6, 6.07) is 0. The number of hydrogen-bond acceptors (Lipinski definition) is 7. The van der Waals surface area contributed by atoms with E-state index in [0.717, 1.165) is 26.2 Å². The molecule has 2 heterocycles. The van der Waals surface area contributed by atoms with Crippen LogP contribution in [0.1, 0.15) is 5.82 Å². The van der Waals surface area contributed by atoms with Gasteiger partial charge >= 0.3 is 5.82 Å². The first-order valence-electron chi connectivity index (χ1n) is 7.26. The van der Waals surface area contributed by atoms with E-state index < -0.39 is 15.1 Å². The molecule has 11 nitrogen and oxygen atoms in total. The van der Waals surface area contributed by atoms with Crippen LogP contribution >= 0.6 is 0 Å². The fourth-order valence-corrected chi connectivity index (χ4v) is 2.86. The monoisotopic (exact) mass is 347 g/mol. The van der Waals surface area contributed by atoms with Crippen LogP contribution in [-0.4, -0.2) is 67.1 Å². The maximum Gasteiger partial charge on any atom is 0.342 e. The molecule has 0 radical (unpaired) electrons. The Kier molecular flexibility index (Phi) is 6.01. The number of nitro groups is 1. The lowest BCUT2D eigenvalue weighted by Crippen LogP contribution is -2.44. The lowest BCUT2D eigenvalue weighted by Gasteiger charge is -2.26. The maximum atomic E-state index is 11.1. The molecule has 0 spiro atoms. The van der Waals surface area contributed by atoms with Crippen LogP contribution in [0.5, 0.6) is 0 Å². The summed E-state index contributed by atoms with van der Waals surface area (Å²) in [7, 11) is -3.78. The highest BCUT2D eigenvalue weighted by Crippen LogP contribution is 2.15. The third-order valence-electron chi connectivity index (χ3n) is 3.61. The van der Waals surface area contributed by atoms with Gasteiger partial charge in [-0.25, -0.2) is 19.4 Å². The second-order valence-corrected chi connectivity index (χ2v) is 6.60. The molecule has 1 aliphatic rings. The fourth-order valence-electron chi connectivity index (χ4n) is 2.47. The van der Waals surface area contributed by atoms with Crippen LogP contribution in [0.3, 0.4) is 0 Å². The molecule has 2 rings (SSSR count). The minimum absolute atomic E-state index is 0.0423. The Labute approximate surface area is 134 Å². The molecule has 1 fully saturated rings. The van der Waals surface area contributed by atoms with Crippen molar-refractivity contribution in [3.05, 3.63) is 22.1 Å². The van der Waals surface area contributed by atoms with Crippen molar-refractivity contribution in [3.8, 4) is 0 Å². The molecule has 4 N–H and O–H groups in total. The number of aromatic nitrogens is 2. The van der Waals surface area contributed by atoms with Gasteiger partial charge in [0.25, 0.3) is 10.2 Å². The van der Waals surface area contributed by atoms with Crippen LogP contribution in [0.25, 0.3) is 0 Å². The number of hydrogen-bond donors (Lipinski definition) is 3. The Bertz CT molecular complexity index is 639. The maximum absolute atomic E-state index is 11.1. The van der Waals surface area contributed by atoms with Gasteiger partial charge in [-0.05, 0) is 4.92 Å². The van der Waals surface area contributed by atoms with Gasteiger partial charge in [-0.15, -0.1) is 0 Å². The van der Waals surface area contributed by atoms with E-state index in [0.29, 0.717) is 18.9 Å². The van der Waals surface area contributed by atoms with Crippen molar-refractivity contribution in [2.45, 2.75) is 13.0 Å². The number of nitrogens with two attached hydrogens (primary N) is 1. The number of nitrogens with one attached hydrogen (secondary N) is 2. The van der Waals surface area contributed by atoms with Crippen LogP contribution in [0.4, 0.5) is 5.82 Å². The largest absolute Gasteiger partial charge is 0.358 e. The topological polar surface area (TPSA) is 148 Å². The Morgan fingerprint density at radius 2 is 2.09 bits per heavy atom. The Hall–Kier alpha value is -1.60. The second-order valence-electron chi connectivity index (χ2n) is 5.22. The standard InChI is InChI=1S/C11H21N7O4S/c12-23(21,22)15-2-1-10-14-9-11(18(19)20)17(10)8-7-16-5-3-13-4-6-16/h9,13,15H,1-8H2,(H2,12,21,22). The number of imidazole rings is 1. The summed E-state index contributed by atoms with van der Waals surface area (Å²) in [6.07, 6.45) is 1.43. The zero-order valence-corrected chi connectivity index (χ0v) is 13.5. The van der Waals surface area contributed by atoms with E-state index >= 15 is 0 Å². The van der Waals surface area contributed by atoms with Crippen LogP contribution in [0, 0.1) is 10.1 Å². The Morgan fingerprint density at radius 3 is 2.70 bits per heavy atom. The van der Waals surface area contributed by atoms with Gasteiger partial charge in [0.1, 0.15) is 12.7 Å². The van der Waals surface area contributed by atoms with E-state index in [1.807, 2.05) is 0 Å². The lowest BCUT2D eigenvalue weighted by molar-refractivity contribution is -0.392. The molecule has 0 aromatic carbocycles. The lowest BCUT2D eigenvalue weighted by atomic mass is 10.3. The van der Waals surface area contributed by atoms with Crippen molar-refractivity contribution in [1.82, 2.24) is 24.5 Å². The summed E-state index contributed by atoms with van der Waals surface area (Å²) >= 11 is 0. The smallest absolute Gasteiger partial charge is 0.342 e. The van der Waals surface area contributed by atoms with E-state index in [4.69, 9.17) is 5.14 Å². The molecule has 1 aliphatic heterocycles. The fraction of sp³-hybridized carbons (Fsp3) is 0.727. The zero-order chi connectivity index (χ0) is 16.9. The molecule has 0 unspecified atom stereocenters. The summed E-state index contributed by atoms with van der Waals surface area (Å²) in [5.41, 5.74) is 0. The molecule has 1 aromatic rings. The van der Waals surface area contributed by atoms with Gasteiger partial charge in [0, 0.05) is 45.7 Å². The van der Waals surface area contributed by atoms with Gasteiger partial charge in [-0.2, -0.15) is 8.42 Å². The minimum atomic E-state index is -3.78. The third-order valence-corrected chi connectivity index (χ3v) is 4.21. The number of piperazine rings is 1. The quantitative estimate of drug-likeness (QED) is 0.365. The van der Waals surface area contributed by atoms with E-state index in [-0.39, 0.29) is 18.8 Å². The first kappa shape index (κ1) is 17.7.